The maximum atomic E-state index is 13.9. The number of hydrogen-bond acceptors (Lipinski definition) is 3. The smallest absolute Gasteiger partial charge is 0.144 e. The first-order chi connectivity index (χ1) is 9.15. The highest BCUT2D eigenvalue weighted by atomic mass is 79.9. The van der Waals surface area contributed by atoms with Crippen molar-refractivity contribution in [2.24, 2.45) is 0 Å². The Bertz CT molecular complexity index is 650. The Morgan fingerprint density at radius 3 is 2.79 bits per heavy atom. The molecule has 1 N–H and O–H groups in total. The van der Waals surface area contributed by atoms with Gasteiger partial charge in [-0.2, -0.15) is 5.26 Å². The van der Waals surface area contributed by atoms with Gasteiger partial charge >= 0.3 is 0 Å². The van der Waals surface area contributed by atoms with Gasteiger partial charge in [-0.25, -0.2) is 9.37 Å². The van der Waals surface area contributed by atoms with Crippen LogP contribution >= 0.6 is 15.9 Å². The van der Waals surface area contributed by atoms with Crippen LogP contribution in [0.25, 0.3) is 11.3 Å². The van der Waals surface area contributed by atoms with Crippen LogP contribution in [0.4, 0.5) is 10.2 Å². The lowest BCUT2D eigenvalue weighted by Gasteiger charge is -2.08. The molecule has 0 unspecified atom stereocenters. The number of nitriles is 1. The topological polar surface area (TPSA) is 48.7 Å². The summed E-state index contributed by atoms with van der Waals surface area (Å²) in [7, 11) is 0. The molecular weight excluding hydrogens is 309 g/mol. The number of benzene rings is 1. The molecule has 1 heterocycles. The first-order valence-electron chi connectivity index (χ1n) is 5.76. The second kappa shape index (κ2) is 5.81. The minimum absolute atomic E-state index is 0.353. The van der Waals surface area contributed by atoms with Gasteiger partial charge in [-0.15, -0.1) is 0 Å². The lowest BCUT2D eigenvalue weighted by atomic mass is 10.1. The van der Waals surface area contributed by atoms with E-state index in [1.54, 1.807) is 24.3 Å². The maximum absolute atomic E-state index is 13.9. The fraction of sp³-hybridized carbons (Fsp3) is 0.143. The highest BCUT2D eigenvalue weighted by molar-refractivity contribution is 9.10. The second-order valence-electron chi connectivity index (χ2n) is 3.86. The van der Waals surface area contributed by atoms with Crippen LogP contribution in [0.2, 0.25) is 0 Å². The number of halogens is 2. The van der Waals surface area contributed by atoms with Gasteiger partial charge in [-0.3, -0.25) is 0 Å². The summed E-state index contributed by atoms with van der Waals surface area (Å²) in [6.45, 7) is 2.56. The van der Waals surface area contributed by atoms with E-state index in [1.165, 1.54) is 6.07 Å². The Labute approximate surface area is 119 Å². The Kier molecular flexibility index (Phi) is 4.13. The third kappa shape index (κ3) is 2.91. The fourth-order valence-corrected chi connectivity index (χ4v) is 2.03. The number of anilines is 1. The molecule has 1 aromatic heterocycles. The maximum Gasteiger partial charge on any atom is 0.144 e. The van der Waals surface area contributed by atoms with Crippen LogP contribution in [-0.4, -0.2) is 11.5 Å². The van der Waals surface area contributed by atoms with E-state index in [1.807, 2.05) is 6.92 Å². The van der Waals surface area contributed by atoms with E-state index in [4.69, 9.17) is 5.26 Å². The van der Waals surface area contributed by atoms with Gasteiger partial charge in [-0.05, 0) is 37.3 Å². The van der Waals surface area contributed by atoms with Crippen LogP contribution in [0.15, 0.2) is 34.8 Å². The lowest BCUT2D eigenvalue weighted by molar-refractivity contribution is 0.630. The van der Waals surface area contributed by atoms with Crippen molar-refractivity contribution in [1.29, 1.82) is 5.26 Å². The SMILES string of the molecule is CCNc1nc(-c2ccc(Br)cc2F)ccc1C#N. The molecule has 1 aromatic carbocycles. The summed E-state index contributed by atoms with van der Waals surface area (Å²) in [4.78, 5) is 4.31. The van der Waals surface area contributed by atoms with E-state index in [0.717, 1.165) is 0 Å². The quantitative estimate of drug-likeness (QED) is 0.931. The van der Waals surface area contributed by atoms with E-state index >= 15 is 0 Å². The molecule has 0 saturated heterocycles. The third-order valence-corrected chi connectivity index (χ3v) is 3.06. The van der Waals surface area contributed by atoms with Crippen molar-refractivity contribution in [3.8, 4) is 17.3 Å². The van der Waals surface area contributed by atoms with E-state index in [0.29, 0.717) is 33.7 Å². The van der Waals surface area contributed by atoms with Crippen molar-refractivity contribution in [1.82, 2.24) is 4.98 Å². The zero-order chi connectivity index (χ0) is 13.8. The minimum Gasteiger partial charge on any atom is -0.369 e. The summed E-state index contributed by atoms with van der Waals surface area (Å²) in [5.41, 5.74) is 1.36. The van der Waals surface area contributed by atoms with Gasteiger partial charge in [0.2, 0.25) is 0 Å². The molecule has 0 amide bonds. The zero-order valence-corrected chi connectivity index (χ0v) is 11.8. The van der Waals surface area contributed by atoms with Crippen molar-refractivity contribution in [2.75, 3.05) is 11.9 Å². The van der Waals surface area contributed by atoms with Crippen molar-refractivity contribution in [3.05, 3.63) is 46.2 Å². The monoisotopic (exact) mass is 319 g/mol. The van der Waals surface area contributed by atoms with E-state index in [9.17, 15) is 4.39 Å². The predicted octanol–water partition coefficient (Wildman–Crippen LogP) is 3.95. The molecule has 0 spiro atoms. The number of aromatic nitrogens is 1. The molecule has 0 aliphatic heterocycles. The standard InChI is InChI=1S/C14H11BrFN3/c1-2-18-14-9(8-17)3-6-13(19-14)11-5-4-10(15)7-12(11)16/h3-7H,2H2,1H3,(H,18,19). The number of nitrogens with one attached hydrogen (secondary N) is 1. The molecule has 5 heteroatoms. The summed E-state index contributed by atoms with van der Waals surface area (Å²) < 4.78 is 14.6. The molecule has 0 bridgehead atoms. The Morgan fingerprint density at radius 2 is 2.16 bits per heavy atom. The van der Waals surface area contributed by atoms with Crippen LogP contribution in [0, 0.1) is 17.1 Å². The Balaban J connectivity index is 2.51. The number of nitrogens with zero attached hydrogens (tertiary/aromatic N) is 2. The van der Waals surface area contributed by atoms with Crippen molar-refractivity contribution < 1.29 is 4.39 Å². The average molecular weight is 320 g/mol. The molecular formula is C14H11BrFN3. The Hall–Kier alpha value is -1.93. The number of pyridine rings is 1. The fourth-order valence-electron chi connectivity index (χ4n) is 1.70. The number of rotatable bonds is 3. The Morgan fingerprint density at radius 1 is 1.37 bits per heavy atom. The molecule has 2 rings (SSSR count). The van der Waals surface area contributed by atoms with Gasteiger partial charge in [0.1, 0.15) is 17.7 Å². The molecule has 0 aliphatic carbocycles. The summed E-state index contributed by atoms with van der Waals surface area (Å²) in [5.74, 6) is 0.124. The van der Waals surface area contributed by atoms with Gasteiger partial charge in [0, 0.05) is 16.6 Å². The van der Waals surface area contributed by atoms with Crippen LogP contribution in [0.1, 0.15) is 12.5 Å². The summed E-state index contributed by atoms with van der Waals surface area (Å²) >= 11 is 3.22. The highest BCUT2D eigenvalue weighted by Gasteiger charge is 2.10. The van der Waals surface area contributed by atoms with Gasteiger partial charge < -0.3 is 5.32 Å². The largest absolute Gasteiger partial charge is 0.369 e. The first kappa shape index (κ1) is 13.5. The van der Waals surface area contributed by atoms with Crippen LogP contribution in [0.3, 0.4) is 0 Å². The first-order valence-corrected chi connectivity index (χ1v) is 6.55. The van der Waals surface area contributed by atoms with Crippen molar-refractivity contribution in [3.63, 3.8) is 0 Å². The predicted molar refractivity (Wildman–Crippen MR) is 76.2 cm³/mol. The van der Waals surface area contributed by atoms with Crippen LogP contribution < -0.4 is 5.32 Å². The minimum atomic E-state index is -0.353. The van der Waals surface area contributed by atoms with E-state index in [-0.39, 0.29) is 5.82 Å². The third-order valence-electron chi connectivity index (χ3n) is 2.57. The molecule has 0 fully saturated rings. The molecule has 0 saturated carbocycles. The van der Waals surface area contributed by atoms with Crippen LogP contribution in [-0.2, 0) is 0 Å². The van der Waals surface area contributed by atoms with Gasteiger partial charge in [-0.1, -0.05) is 15.9 Å². The second-order valence-corrected chi connectivity index (χ2v) is 4.77. The van der Waals surface area contributed by atoms with E-state index < -0.39 is 0 Å². The molecule has 0 atom stereocenters. The van der Waals surface area contributed by atoms with Crippen molar-refractivity contribution >= 4 is 21.7 Å². The van der Waals surface area contributed by atoms with Gasteiger partial charge in [0.05, 0.1) is 11.3 Å². The van der Waals surface area contributed by atoms with Crippen molar-refractivity contribution in [2.45, 2.75) is 6.92 Å². The summed E-state index contributed by atoms with van der Waals surface area (Å²) in [5, 5.41) is 12.0. The lowest BCUT2D eigenvalue weighted by Crippen LogP contribution is -2.03. The highest BCUT2D eigenvalue weighted by Crippen LogP contribution is 2.26. The molecule has 3 nitrogen and oxygen atoms in total. The van der Waals surface area contributed by atoms with Gasteiger partial charge in [0.15, 0.2) is 0 Å². The molecule has 0 aliphatic rings. The zero-order valence-electron chi connectivity index (χ0n) is 10.2. The average Bonchev–Trinajstić information content (AvgIpc) is 2.39. The summed E-state index contributed by atoms with van der Waals surface area (Å²) in [6, 6.07) is 10.1. The van der Waals surface area contributed by atoms with Crippen LogP contribution in [0.5, 0.6) is 0 Å². The number of hydrogen-bond donors (Lipinski definition) is 1. The molecule has 96 valence electrons. The van der Waals surface area contributed by atoms with Gasteiger partial charge in [0.25, 0.3) is 0 Å². The molecule has 0 radical (unpaired) electrons. The normalized spacial score (nSPS) is 10.0. The van der Waals surface area contributed by atoms with E-state index in [2.05, 4.69) is 32.3 Å². The molecule has 2 aromatic rings. The summed E-state index contributed by atoms with van der Waals surface area (Å²) in [6.07, 6.45) is 0. The molecule has 19 heavy (non-hydrogen) atoms.